The molecule has 0 fully saturated rings. The fourth-order valence-corrected chi connectivity index (χ4v) is 7.50. The lowest BCUT2D eigenvalue weighted by Crippen LogP contribution is -2.29. The van der Waals surface area contributed by atoms with E-state index in [2.05, 4.69) is 156 Å². The molecule has 0 radical (unpaired) electrons. The van der Waals surface area contributed by atoms with Crippen LogP contribution < -0.4 is 10.6 Å². The smallest absolute Gasteiger partial charge is 0.0775 e. The van der Waals surface area contributed by atoms with Gasteiger partial charge in [0.1, 0.15) is 0 Å². The van der Waals surface area contributed by atoms with Crippen LogP contribution in [0.15, 0.2) is 146 Å². The van der Waals surface area contributed by atoms with Crippen molar-refractivity contribution in [1.29, 1.82) is 0 Å². The summed E-state index contributed by atoms with van der Waals surface area (Å²) in [5.41, 5.74) is 7.64. The Bertz CT molecular complexity index is 1440. The van der Waals surface area contributed by atoms with Crippen molar-refractivity contribution in [2.75, 3.05) is 13.1 Å². The van der Waals surface area contributed by atoms with Crippen LogP contribution in [0.25, 0.3) is 21.0 Å². The van der Waals surface area contributed by atoms with E-state index in [1.54, 1.807) is 0 Å². The van der Waals surface area contributed by atoms with E-state index in [0.29, 0.717) is 0 Å². The van der Waals surface area contributed by atoms with Gasteiger partial charge < -0.3 is 10.6 Å². The zero-order chi connectivity index (χ0) is 28.4. The maximum Gasteiger partial charge on any atom is 0.0775 e. The largest absolute Gasteiger partial charge is 0.302 e. The van der Waals surface area contributed by atoms with Crippen molar-refractivity contribution in [3.63, 3.8) is 0 Å². The molecule has 2 aliphatic rings. The molecule has 2 aliphatic heterocycles. The Morgan fingerprint density at radius 3 is 1.12 bits per heavy atom. The lowest BCUT2D eigenvalue weighted by atomic mass is 10.0. The zero-order valence-corrected chi connectivity index (χ0v) is 25.3. The Kier molecular flexibility index (Phi) is 9.91. The van der Waals surface area contributed by atoms with Crippen LogP contribution in [0.4, 0.5) is 0 Å². The van der Waals surface area contributed by atoms with Crippen LogP contribution in [0.3, 0.4) is 0 Å². The number of rotatable bonds is 11. The molecule has 0 aliphatic carbocycles. The van der Waals surface area contributed by atoms with E-state index >= 15 is 0 Å². The average Bonchev–Trinajstić information content (AvgIpc) is 3.07. The Labute approximate surface area is 258 Å². The van der Waals surface area contributed by atoms with Crippen molar-refractivity contribution >= 4 is 44.5 Å². The molecule has 0 bridgehead atoms. The number of hydrogen-bond acceptors (Lipinski definition) is 4. The second-order valence-electron chi connectivity index (χ2n) is 10.4. The van der Waals surface area contributed by atoms with Gasteiger partial charge in [0.2, 0.25) is 0 Å². The molecule has 4 aromatic carbocycles. The second-order valence-corrected chi connectivity index (χ2v) is 12.8. The van der Waals surface area contributed by atoms with E-state index < -0.39 is 0 Å². The molecule has 4 aromatic rings. The standard InChI is InChI=1S/C38H36N2S2/c1-5-15-29(16-6-1)33-25-35(31-19-9-3-10-20-31)41-37(27-33)39-23-13-14-24-40-38-28-34(30-17-7-2-8-18-30)26-36(42-38)32-21-11-4-12-22-32/h1-12,15-22,25-28,37-40H,13-14,23-24H2. The number of nitrogens with one attached hydrogen (secondary N) is 2. The Hall–Kier alpha value is -3.54. The van der Waals surface area contributed by atoms with Crippen molar-refractivity contribution in [2.45, 2.75) is 23.6 Å². The first-order valence-electron chi connectivity index (χ1n) is 14.7. The third-order valence-corrected chi connectivity index (χ3v) is 9.70. The van der Waals surface area contributed by atoms with Crippen molar-refractivity contribution in [1.82, 2.24) is 10.6 Å². The topological polar surface area (TPSA) is 24.1 Å². The summed E-state index contributed by atoms with van der Waals surface area (Å²) in [5, 5.41) is 8.11. The molecule has 6 rings (SSSR count). The van der Waals surface area contributed by atoms with E-state index in [9.17, 15) is 0 Å². The lowest BCUT2D eigenvalue weighted by molar-refractivity contribution is 0.600. The highest BCUT2D eigenvalue weighted by molar-refractivity contribution is 8.09. The summed E-state index contributed by atoms with van der Waals surface area (Å²) in [5.74, 6) is 0. The first kappa shape index (κ1) is 28.6. The molecule has 0 amide bonds. The fraction of sp³-hybridized carbons (Fsp3) is 0.158. The van der Waals surface area contributed by atoms with Gasteiger partial charge in [0, 0.05) is 9.81 Å². The molecular weight excluding hydrogens is 549 g/mol. The van der Waals surface area contributed by atoms with E-state index in [-0.39, 0.29) is 10.7 Å². The van der Waals surface area contributed by atoms with E-state index in [1.165, 1.54) is 43.2 Å². The van der Waals surface area contributed by atoms with Gasteiger partial charge in [-0.3, -0.25) is 0 Å². The van der Waals surface area contributed by atoms with Crippen LogP contribution in [-0.2, 0) is 0 Å². The van der Waals surface area contributed by atoms with Crippen LogP contribution in [0, 0.1) is 0 Å². The van der Waals surface area contributed by atoms with Gasteiger partial charge in [0.25, 0.3) is 0 Å². The summed E-state index contributed by atoms with van der Waals surface area (Å²) in [6.07, 6.45) is 11.6. The van der Waals surface area contributed by atoms with Gasteiger partial charge in [0.05, 0.1) is 10.7 Å². The molecule has 0 saturated carbocycles. The van der Waals surface area contributed by atoms with E-state index in [0.717, 1.165) is 25.9 Å². The fourth-order valence-electron chi connectivity index (χ4n) is 5.18. The van der Waals surface area contributed by atoms with Gasteiger partial charge >= 0.3 is 0 Å². The van der Waals surface area contributed by atoms with Gasteiger partial charge in [0.15, 0.2) is 0 Å². The van der Waals surface area contributed by atoms with Gasteiger partial charge in [-0.2, -0.15) is 0 Å². The minimum Gasteiger partial charge on any atom is -0.302 e. The second kappa shape index (κ2) is 14.6. The molecule has 2 nitrogen and oxygen atoms in total. The Balaban J connectivity index is 1.04. The van der Waals surface area contributed by atoms with Crippen molar-refractivity contribution in [3.05, 3.63) is 168 Å². The monoisotopic (exact) mass is 584 g/mol. The molecule has 42 heavy (non-hydrogen) atoms. The van der Waals surface area contributed by atoms with Gasteiger partial charge in [-0.25, -0.2) is 0 Å². The summed E-state index contributed by atoms with van der Waals surface area (Å²) in [6.45, 7) is 1.97. The SMILES string of the molecule is C1=C(c2ccccc2)C=C(c2ccccc2)SC1NCCCCNC1C=C(c2ccccc2)C=C(c2ccccc2)S1. The Morgan fingerprint density at radius 1 is 0.429 bits per heavy atom. The summed E-state index contributed by atoms with van der Waals surface area (Å²) in [6, 6.07) is 42.9. The predicted molar refractivity (Wildman–Crippen MR) is 186 cm³/mol. The first-order chi connectivity index (χ1) is 20.8. The minimum atomic E-state index is 0.247. The molecule has 0 aromatic heterocycles. The highest BCUT2D eigenvalue weighted by Gasteiger charge is 2.19. The summed E-state index contributed by atoms with van der Waals surface area (Å²) >= 11 is 3.81. The van der Waals surface area contributed by atoms with Crippen LogP contribution in [0.5, 0.6) is 0 Å². The maximum atomic E-state index is 3.81. The van der Waals surface area contributed by atoms with Crippen LogP contribution in [0.1, 0.15) is 35.1 Å². The molecule has 2 N–H and O–H groups in total. The maximum absolute atomic E-state index is 3.81. The zero-order valence-electron chi connectivity index (χ0n) is 23.7. The van der Waals surface area contributed by atoms with Crippen molar-refractivity contribution < 1.29 is 0 Å². The highest BCUT2D eigenvalue weighted by atomic mass is 32.2. The lowest BCUT2D eigenvalue weighted by Gasteiger charge is -2.24. The number of benzene rings is 4. The average molecular weight is 585 g/mol. The predicted octanol–water partition coefficient (Wildman–Crippen LogP) is 9.34. The highest BCUT2D eigenvalue weighted by Crippen LogP contribution is 2.40. The quantitative estimate of drug-likeness (QED) is 0.172. The molecular formula is C38H36N2S2. The Morgan fingerprint density at radius 2 is 0.762 bits per heavy atom. The summed E-state index contributed by atoms with van der Waals surface area (Å²) in [4.78, 5) is 2.63. The third kappa shape index (κ3) is 7.64. The number of thioether (sulfide) groups is 2. The third-order valence-electron chi connectivity index (χ3n) is 7.37. The number of hydrogen-bond donors (Lipinski definition) is 2. The molecule has 0 spiro atoms. The number of unbranched alkanes of at least 4 members (excludes halogenated alkanes) is 1. The molecule has 2 unspecified atom stereocenters. The summed E-state index contributed by atoms with van der Waals surface area (Å²) in [7, 11) is 0. The normalized spacial score (nSPS) is 18.5. The molecule has 210 valence electrons. The molecule has 2 atom stereocenters. The molecule has 4 heteroatoms. The van der Waals surface area contributed by atoms with Crippen molar-refractivity contribution in [2.24, 2.45) is 0 Å². The molecule has 2 heterocycles. The number of allylic oxidation sites excluding steroid dienone is 4. The van der Waals surface area contributed by atoms with Gasteiger partial charge in [-0.1, -0.05) is 121 Å². The van der Waals surface area contributed by atoms with Crippen LogP contribution in [-0.4, -0.2) is 23.8 Å². The van der Waals surface area contributed by atoms with Crippen molar-refractivity contribution in [3.8, 4) is 0 Å². The van der Waals surface area contributed by atoms with E-state index in [1.807, 2.05) is 23.5 Å². The van der Waals surface area contributed by atoms with Gasteiger partial charge in [-0.05, 0) is 83.6 Å². The summed E-state index contributed by atoms with van der Waals surface area (Å²) < 4.78 is 0. The van der Waals surface area contributed by atoms with Crippen LogP contribution >= 0.6 is 23.5 Å². The first-order valence-corrected chi connectivity index (χ1v) is 16.5. The molecule has 0 saturated heterocycles. The van der Waals surface area contributed by atoms with Crippen LogP contribution in [0.2, 0.25) is 0 Å². The van der Waals surface area contributed by atoms with E-state index in [4.69, 9.17) is 0 Å². The minimum absolute atomic E-state index is 0.247. The van der Waals surface area contributed by atoms with Gasteiger partial charge in [-0.15, -0.1) is 23.5 Å².